The number of H-pyrrole nitrogens is 1. The lowest BCUT2D eigenvalue weighted by Gasteiger charge is -2.32. The molecule has 2 aromatic carbocycles. The fourth-order valence-electron chi connectivity index (χ4n) is 4.14. The molecule has 4 aromatic rings. The van der Waals surface area contributed by atoms with Crippen LogP contribution in [-0.4, -0.2) is 45.2 Å². The molecule has 0 atom stereocenters. The number of piperidine rings is 1. The van der Waals surface area contributed by atoms with E-state index in [4.69, 9.17) is 4.74 Å². The van der Waals surface area contributed by atoms with E-state index in [9.17, 15) is 27.9 Å². The Labute approximate surface area is 222 Å². The number of nitrogens with zero attached hydrogens (tertiary/aromatic N) is 3. The van der Waals surface area contributed by atoms with Crippen molar-refractivity contribution in [1.29, 1.82) is 0 Å². The summed E-state index contributed by atoms with van der Waals surface area (Å²) in [7, 11) is 0. The zero-order chi connectivity index (χ0) is 26.9. The lowest BCUT2D eigenvalue weighted by Crippen LogP contribution is -2.38. The van der Waals surface area contributed by atoms with Gasteiger partial charge in [-0.05, 0) is 24.3 Å². The number of aromatic amines is 1. The molecule has 1 saturated heterocycles. The molecule has 0 spiro atoms. The Hall–Kier alpha value is -3.58. The third-order valence-electron chi connectivity index (χ3n) is 5.98. The molecule has 2 N–H and O–H groups in total. The molecule has 0 radical (unpaired) electrons. The Bertz CT molecular complexity index is 1530. The average molecular weight is 563 g/mol. The maximum atomic E-state index is 13.3. The van der Waals surface area contributed by atoms with Crippen molar-refractivity contribution in [3.63, 3.8) is 0 Å². The van der Waals surface area contributed by atoms with Gasteiger partial charge < -0.3 is 19.7 Å². The standard InChI is InChI=1S/C25H21F3N4O4S2/c26-25(27,28)16-6-2-3-7-17(16)36-14-9-11-32(12-10-14)24-31-21-20(38-24)22(33)30-19(29-21)13-37-18-8-4-1-5-15(18)23(34)35/h1-8,14H,9-13H2,(H,34,35)(H,29,30,33). The molecule has 0 aliphatic carbocycles. The van der Waals surface area contributed by atoms with Gasteiger partial charge in [-0.25, -0.2) is 9.78 Å². The molecule has 38 heavy (non-hydrogen) atoms. The Morgan fingerprint density at radius 3 is 2.58 bits per heavy atom. The van der Waals surface area contributed by atoms with Crippen molar-refractivity contribution >= 4 is 44.5 Å². The number of carbonyl (C=O) groups is 1. The van der Waals surface area contributed by atoms with Crippen molar-refractivity contribution in [3.8, 4) is 5.75 Å². The number of benzene rings is 2. The van der Waals surface area contributed by atoms with Crippen LogP contribution in [0.3, 0.4) is 0 Å². The summed E-state index contributed by atoms with van der Waals surface area (Å²) in [6.45, 7) is 1.01. The summed E-state index contributed by atoms with van der Waals surface area (Å²) < 4.78 is 45.9. The van der Waals surface area contributed by atoms with Gasteiger partial charge in [0.1, 0.15) is 22.4 Å². The number of alkyl halides is 3. The van der Waals surface area contributed by atoms with E-state index in [2.05, 4.69) is 15.0 Å². The largest absolute Gasteiger partial charge is 0.490 e. The highest BCUT2D eigenvalue weighted by Gasteiger charge is 2.35. The predicted molar refractivity (Wildman–Crippen MR) is 138 cm³/mol. The van der Waals surface area contributed by atoms with E-state index < -0.39 is 17.7 Å². The van der Waals surface area contributed by atoms with E-state index in [-0.39, 0.29) is 28.7 Å². The number of hydrogen-bond acceptors (Lipinski definition) is 8. The number of fused-ring (bicyclic) bond motifs is 1. The first-order valence-corrected chi connectivity index (χ1v) is 13.4. The molecular formula is C25H21F3N4O4S2. The zero-order valence-electron chi connectivity index (χ0n) is 19.7. The summed E-state index contributed by atoms with van der Waals surface area (Å²) in [6, 6.07) is 11.8. The van der Waals surface area contributed by atoms with Crippen LogP contribution in [0.25, 0.3) is 10.3 Å². The van der Waals surface area contributed by atoms with Gasteiger partial charge in [0.25, 0.3) is 5.56 Å². The van der Waals surface area contributed by atoms with Crippen LogP contribution in [0.5, 0.6) is 5.75 Å². The van der Waals surface area contributed by atoms with E-state index >= 15 is 0 Å². The number of hydrogen-bond donors (Lipinski definition) is 2. The van der Waals surface area contributed by atoms with E-state index in [1.807, 2.05) is 4.90 Å². The summed E-state index contributed by atoms with van der Waals surface area (Å²) in [5, 5.41) is 9.96. The van der Waals surface area contributed by atoms with Crippen LogP contribution in [0, 0.1) is 0 Å². The van der Waals surface area contributed by atoms with E-state index in [1.54, 1.807) is 18.2 Å². The summed E-state index contributed by atoms with van der Waals surface area (Å²) in [4.78, 5) is 38.4. The number of carboxylic acids is 1. The molecule has 0 unspecified atom stereocenters. The minimum Gasteiger partial charge on any atom is -0.490 e. The van der Waals surface area contributed by atoms with Crippen LogP contribution in [0.1, 0.15) is 34.6 Å². The first-order valence-electron chi connectivity index (χ1n) is 11.6. The number of para-hydroxylation sites is 1. The molecule has 5 rings (SSSR count). The van der Waals surface area contributed by atoms with Crippen molar-refractivity contribution in [2.24, 2.45) is 0 Å². The molecule has 1 aliphatic heterocycles. The number of rotatable bonds is 7. The Balaban J connectivity index is 1.26. The quantitative estimate of drug-likeness (QED) is 0.287. The molecule has 1 fully saturated rings. The van der Waals surface area contributed by atoms with Crippen molar-refractivity contribution < 1.29 is 27.8 Å². The third kappa shape index (κ3) is 5.63. The summed E-state index contributed by atoms with van der Waals surface area (Å²) in [6.07, 6.45) is -3.87. The zero-order valence-corrected chi connectivity index (χ0v) is 21.3. The van der Waals surface area contributed by atoms with Gasteiger partial charge in [-0.15, -0.1) is 11.8 Å². The SMILES string of the molecule is O=C(O)c1ccccc1SCc1nc2nc(N3CCC(Oc4ccccc4C(F)(F)F)CC3)sc2c(=O)[nH]1. The van der Waals surface area contributed by atoms with Crippen molar-refractivity contribution in [2.75, 3.05) is 18.0 Å². The van der Waals surface area contributed by atoms with Crippen molar-refractivity contribution in [1.82, 2.24) is 15.0 Å². The number of aromatic nitrogens is 3. The molecule has 13 heteroatoms. The van der Waals surface area contributed by atoms with Gasteiger partial charge in [0.15, 0.2) is 10.8 Å². The highest BCUT2D eigenvalue weighted by molar-refractivity contribution is 7.98. The van der Waals surface area contributed by atoms with Crippen LogP contribution in [0.4, 0.5) is 18.3 Å². The molecule has 8 nitrogen and oxygen atoms in total. The van der Waals surface area contributed by atoms with Gasteiger partial charge in [-0.3, -0.25) is 4.79 Å². The number of halogens is 3. The van der Waals surface area contributed by atoms with Gasteiger partial charge in [0.2, 0.25) is 0 Å². The van der Waals surface area contributed by atoms with Crippen molar-refractivity contribution in [2.45, 2.75) is 35.8 Å². The summed E-state index contributed by atoms with van der Waals surface area (Å²) in [5.41, 5.74) is -0.651. The molecule has 1 aliphatic rings. The second-order valence-corrected chi connectivity index (χ2v) is 10.5. The molecule has 0 bridgehead atoms. The smallest absolute Gasteiger partial charge is 0.419 e. The number of carboxylic acid groups (broad SMARTS) is 1. The van der Waals surface area contributed by atoms with Gasteiger partial charge in [-0.1, -0.05) is 35.6 Å². The number of anilines is 1. The number of thiazole rings is 1. The minimum absolute atomic E-state index is 0.172. The lowest BCUT2D eigenvalue weighted by molar-refractivity contribution is -0.139. The number of aromatic carboxylic acids is 1. The minimum atomic E-state index is -4.49. The first kappa shape index (κ1) is 26.0. The fourth-order valence-corrected chi connectivity index (χ4v) is 6.00. The number of nitrogens with one attached hydrogen (secondary N) is 1. The summed E-state index contributed by atoms with van der Waals surface area (Å²) >= 11 is 2.46. The molecule has 2 aromatic heterocycles. The van der Waals surface area contributed by atoms with E-state index in [0.717, 1.165) is 6.07 Å². The third-order valence-corrected chi connectivity index (χ3v) is 8.17. The van der Waals surface area contributed by atoms with Crippen LogP contribution in [-0.2, 0) is 11.9 Å². The maximum Gasteiger partial charge on any atom is 0.419 e. The lowest BCUT2D eigenvalue weighted by atomic mass is 10.1. The Morgan fingerprint density at radius 2 is 1.84 bits per heavy atom. The van der Waals surface area contributed by atoms with Crippen molar-refractivity contribution in [3.05, 3.63) is 75.8 Å². The van der Waals surface area contributed by atoms with Crippen LogP contribution < -0.4 is 15.2 Å². The van der Waals surface area contributed by atoms with Crippen LogP contribution in [0.15, 0.2) is 58.2 Å². The normalized spacial score (nSPS) is 14.7. The summed E-state index contributed by atoms with van der Waals surface area (Å²) in [5.74, 6) is -0.580. The fraction of sp³-hybridized carbons (Fsp3) is 0.280. The maximum absolute atomic E-state index is 13.3. The number of thioether (sulfide) groups is 1. The molecule has 198 valence electrons. The van der Waals surface area contributed by atoms with Crippen LogP contribution in [0.2, 0.25) is 0 Å². The van der Waals surface area contributed by atoms with Gasteiger partial charge >= 0.3 is 12.1 Å². The average Bonchev–Trinajstić information content (AvgIpc) is 3.33. The molecule has 3 heterocycles. The topological polar surface area (TPSA) is 108 Å². The second-order valence-electron chi connectivity index (χ2n) is 8.55. The molecule has 0 saturated carbocycles. The highest BCUT2D eigenvalue weighted by Crippen LogP contribution is 2.37. The number of ether oxygens (including phenoxy) is 1. The molecular weight excluding hydrogens is 541 g/mol. The Kier molecular flexibility index (Phi) is 7.30. The van der Waals surface area contributed by atoms with E-state index in [1.165, 1.54) is 47.4 Å². The Morgan fingerprint density at radius 1 is 1.13 bits per heavy atom. The van der Waals surface area contributed by atoms with Gasteiger partial charge in [-0.2, -0.15) is 18.2 Å². The van der Waals surface area contributed by atoms with Gasteiger partial charge in [0.05, 0.1) is 16.9 Å². The second kappa shape index (κ2) is 10.7. The monoisotopic (exact) mass is 562 g/mol. The predicted octanol–water partition coefficient (Wildman–Crippen LogP) is 5.44. The first-order chi connectivity index (χ1) is 18.2. The van der Waals surface area contributed by atoms with E-state index in [0.29, 0.717) is 52.1 Å². The van der Waals surface area contributed by atoms with Crippen LogP contribution >= 0.6 is 23.1 Å². The highest BCUT2D eigenvalue weighted by atomic mass is 32.2. The van der Waals surface area contributed by atoms with Gasteiger partial charge in [0, 0.05) is 30.8 Å². The molecule has 0 amide bonds.